The Kier molecular flexibility index (Phi) is 5.28. The molecule has 1 saturated carbocycles. The third-order valence-corrected chi connectivity index (χ3v) is 7.11. The van der Waals surface area contributed by atoms with E-state index in [0.717, 1.165) is 43.1 Å². The zero-order valence-corrected chi connectivity index (χ0v) is 19.2. The molecule has 2 aromatic heterocycles. The van der Waals surface area contributed by atoms with Gasteiger partial charge in [-0.3, -0.25) is 14.9 Å². The van der Waals surface area contributed by atoms with E-state index in [0.29, 0.717) is 42.6 Å². The minimum atomic E-state index is -0.402. The lowest BCUT2D eigenvalue weighted by Crippen LogP contribution is -2.41. The summed E-state index contributed by atoms with van der Waals surface area (Å²) >= 11 is 0. The van der Waals surface area contributed by atoms with E-state index in [4.69, 9.17) is 4.98 Å². The highest BCUT2D eigenvalue weighted by atomic mass is 16.6. The second-order valence-corrected chi connectivity index (χ2v) is 9.18. The average Bonchev–Trinajstić information content (AvgIpc) is 3.13. The standard InChI is InChI=1S/C25H25N7O3/c33-24(17-7-5-8-17)29-13-6-14-30(16-15-29)25-26-20-11-3-1-9-18(20)22-27-28-23(31(22)25)19-10-2-4-12-21(19)32(34)35/h1-4,9-12,17H,5-8,13-16H2. The third kappa shape index (κ3) is 3.65. The van der Waals surface area contributed by atoms with Crippen molar-refractivity contribution in [1.29, 1.82) is 0 Å². The molecule has 0 unspecified atom stereocenters. The maximum absolute atomic E-state index is 12.9. The second kappa shape index (κ2) is 8.61. The van der Waals surface area contributed by atoms with E-state index in [-0.39, 0.29) is 17.5 Å². The number of hydrogen-bond donors (Lipinski definition) is 0. The Morgan fingerprint density at radius 1 is 0.943 bits per heavy atom. The summed E-state index contributed by atoms with van der Waals surface area (Å²) in [5.74, 6) is 1.46. The van der Waals surface area contributed by atoms with Gasteiger partial charge in [-0.25, -0.2) is 9.38 Å². The normalized spacial score (nSPS) is 16.9. The molecule has 1 amide bonds. The van der Waals surface area contributed by atoms with Gasteiger partial charge in [0.25, 0.3) is 5.69 Å². The molecule has 1 saturated heterocycles. The van der Waals surface area contributed by atoms with Crippen LogP contribution in [-0.2, 0) is 4.79 Å². The number of aromatic nitrogens is 4. The fraction of sp³-hybridized carbons (Fsp3) is 0.360. The largest absolute Gasteiger partial charge is 0.341 e. The molecule has 0 atom stereocenters. The molecule has 3 heterocycles. The van der Waals surface area contributed by atoms with Crippen LogP contribution in [-0.4, -0.2) is 61.5 Å². The predicted octanol–water partition coefficient (Wildman–Crippen LogP) is 3.69. The number of nitrogens with zero attached hydrogens (tertiary/aromatic N) is 7. The van der Waals surface area contributed by atoms with Crippen molar-refractivity contribution < 1.29 is 9.72 Å². The molecule has 1 aliphatic carbocycles. The molecule has 35 heavy (non-hydrogen) atoms. The Balaban J connectivity index is 1.47. The van der Waals surface area contributed by atoms with Crippen molar-refractivity contribution in [2.75, 3.05) is 31.1 Å². The maximum Gasteiger partial charge on any atom is 0.280 e. The monoisotopic (exact) mass is 471 g/mol. The Morgan fingerprint density at radius 3 is 2.54 bits per heavy atom. The minimum absolute atomic E-state index is 0.0333. The van der Waals surface area contributed by atoms with Gasteiger partial charge in [0, 0.05) is 43.5 Å². The van der Waals surface area contributed by atoms with Crippen molar-refractivity contribution in [2.45, 2.75) is 25.7 Å². The predicted molar refractivity (Wildman–Crippen MR) is 131 cm³/mol. The number of carbonyl (C=O) groups excluding carboxylic acids is 1. The third-order valence-electron chi connectivity index (χ3n) is 7.11. The lowest BCUT2D eigenvalue weighted by Gasteiger charge is -2.31. The van der Waals surface area contributed by atoms with Crippen LogP contribution in [0.5, 0.6) is 0 Å². The molecular formula is C25H25N7O3. The number of carbonyl (C=O) groups is 1. The Hall–Kier alpha value is -4.08. The average molecular weight is 472 g/mol. The van der Waals surface area contributed by atoms with Gasteiger partial charge in [0.15, 0.2) is 11.5 Å². The molecule has 178 valence electrons. The van der Waals surface area contributed by atoms with Crippen LogP contribution < -0.4 is 4.90 Å². The van der Waals surface area contributed by atoms with Crippen molar-refractivity contribution in [2.24, 2.45) is 5.92 Å². The van der Waals surface area contributed by atoms with Crippen molar-refractivity contribution in [3.05, 3.63) is 58.6 Å². The first kappa shape index (κ1) is 21.5. The summed E-state index contributed by atoms with van der Waals surface area (Å²) in [5.41, 5.74) is 1.74. The maximum atomic E-state index is 12.9. The number of benzene rings is 2. The molecular weight excluding hydrogens is 446 g/mol. The summed E-state index contributed by atoms with van der Waals surface area (Å²) in [6, 6.07) is 14.3. The first-order valence-corrected chi connectivity index (χ1v) is 12.0. The first-order valence-electron chi connectivity index (χ1n) is 12.0. The van der Waals surface area contributed by atoms with Gasteiger partial charge in [-0.05, 0) is 37.5 Å². The van der Waals surface area contributed by atoms with Gasteiger partial charge in [-0.2, -0.15) is 0 Å². The SMILES string of the molecule is O=C(C1CCC1)N1CCCN(c2nc3ccccc3c3nnc(-c4ccccc4[N+](=O)[O-])n23)CC1. The molecule has 0 spiro atoms. The molecule has 1 aliphatic heterocycles. The number of fused-ring (bicyclic) bond motifs is 3. The molecule has 2 fully saturated rings. The van der Waals surface area contributed by atoms with Gasteiger partial charge in [0.05, 0.1) is 16.0 Å². The molecule has 0 N–H and O–H groups in total. The van der Waals surface area contributed by atoms with Crippen LogP contribution in [0.15, 0.2) is 48.5 Å². The van der Waals surface area contributed by atoms with E-state index >= 15 is 0 Å². The highest BCUT2D eigenvalue weighted by Gasteiger charge is 2.31. The molecule has 0 radical (unpaired) electrons. The number of nitro groups is 1. The van der Waals surface area contributed by atoms with E-state index in [2.05, 4.69) is 15.1 Å². The molecule has 0 bridgehead atoms. The molecule has 2 aromatic carbocycles. The molecule has 10 heteroatoms. The van der Waals surface area contributed by atoms with E-state index in [1.54, 1.807) is 18.2 Å². The summed E-state index contributed by atoms with van der Waals surface area (Å²) in [6.45, 7) is 2.67. The van der Waals surface area contributed by atoms with Crippen molar-refractivity contribution >= 4 is 34.1 Å². The summed E-state index contributed by atoms with van der Waals surface area (Å²) in [6.07, 6.45) is 3.94. The van der Waals surface area contributed by atoms with Crippen LogP contribution in [0.3, 0.4) is 0 Å². The fourth-order valence-corrected chi connectivity index (χ4v) is 5.03. The van der Waals surface area contributed by atoms with Gasteiger partial charge in [-0.15, -0.1) is 10.2 Å². The van der Waals surface area contributed by atoms with Crippen LogP contribution in [0.4, 0.5) is 11.6 Å². The molecule has 2 aliphatic rings. The van der Waals surface area contributed by atoms with Gasteiger partial charge in [-0.1, -0.05) is 30.7 Å². The Bertz CT molecular complexity index is 1450. The van der Waals surface area contributed by atoms with E-state index in [9.17, 15) is 14.9 Å². The second-order valence-electron chi connectivity index (χ2n) is 9.18. The van der Waals surface area contributed by atoms with E-state index < -0.39 is 4.92 Å². The van der Waals surface area contributed by atoms with Crippen molar-refractivity contribution in [3.8, 4) is 11.4 Å². The van der Waals surface area contributed by atoms with Gasteiger partial charge in [0.1, 0.15) is 0 Å². The zero-order chi connectivity index (χ0) is 23.9. The summed E-state index contributed by atoms with van der Waals surface area (Å²) in [4.78, 5) is 33.3. The highest BCUT2D eigenvalue weighted by molar-refractivity contribution is 5.93. The number of nitro benzene ring substituents is 1. The van der Waals surface area contributed by atoms with Gasteiger partial charge < -0.3 is 9.80 Å². The van der Waals surface area contributed by atoms with Gasteiger partial charge in [0.2, 0.25) is 11.9 Å². The number of hydrogen-bond acceptors (Lipinski definition) is 7. The quantitative estimate of drug-likeness (QED) is 0.330. The van der Waals surface area contributed by atoms with Crippen LogP contribution in [0.1, 0.15) is 25.7 Å². The van der Waals surface area contributed by atoms with Crippen LogP contribution >= 0.6 is 0 Å². The number of anilines is 1. The highest BCUT2D eigenvalue weighted by Crippen LogP contribution is 2.33. The van der Waals surface area contributed by atoms with Gasteiger partial charge >= 0.3 is 0 Å². The lowest BCUT2D eigenvalue weighted by atomic mass is 9.84. The summed E-state index contributed by atoms with van der Waals surface area (Å²) in [5, 5.41) is 21.4. The van der Waals surface area contributed by atoms with Crippen molar-refractivity contribution in [1.82, 2.24) is 24.5 Å². The Labute approximate surface area is 201 Å². The number of para-hydroxylation sites is 2. The molecule has 4 aromatic rings. The fourth-order valence-electron chi connectivity index (χ4n) is 5.03. The topological polar surface area (TPSA) is 110 Å². The first-order chi connectivity index (χ1) is 17.1. The number of rotatable bonds is 4. The zero-order valence-electron chi connectivity index (χ0n) is 19.2. The summed E-state index contributed by atoms with van der Waals surface area (Å²) in [7, 11) is 0. The lowest BCUT2D eigenvalue weighted by molar-refractivity contribution is -0.384. The van der Waals surface area contributed by atoms with Crippen LogP contribution in [0.25, 0.3) is 27.9 Å². The smallest absolute Gasteiger partial charge is 0.280 e. The van der Waals surface area contributed by atoms with Crippen LogP contribution in [0.2, 0.25) is 0 Å². The molecule has 10 nitrogen and oxygen atoms in total. The Morgan fingerprint density at radius 2 is 1.74 bits per heavy atom. The van der Waals surface area contributed by atoms with Crippen molar-refractivity contribution in [3.63, 3.8) is 0 Å². The number of amides is 1. The van der Waals surface area contributed by atoms with Crippen LogP contribution in [0, 0.1) is 16.0 Å². The minimum Gasteiger partial charge on any atom is -0.341 e. The van der Waals surface area contributed by atoms with E-state index in [1.165, 1.54) is 6.07 Å². The molecule has 6 rings (SSSR count). The van der Waals surface area contributed by atoms with E-state index in [1.807, 2.05) is 33.6 Å². The summed E-state index contributed by atoms with van der Waals surface area (Å²) < 4.78 is 1.83.